The highest BCUT2D eigenvalue weighted by atomic mass is 19.2. The van der Waals surface area contributed by atoms with Crippen LogP contribution in [0.1, 0.15) is 49.7 Å². The zero-order valence-electron chi connectivity index (χ0n) is 19.3. The summed E-state index contributed by atoms with van der Waals surface area (Å²) in [5.41, 5.74) is 2.43. The third-order valence-electron chi connectivity index (χ3n) is 6.14. The molecule has 0 spiro atoms. The van der Waals surface area contributed by atoms with E-state index < -0.39 is 17.5 Å². The number of hydrogen-bond acceptors (Lipinski definition) is 2. The summed E-state index contributed by atoms with van der Waals surface area (Å²) >= 11 is 0. The predicted molar refractivity (Wildman–Crippen MR) is 126 cm³/mol. The van der Waals surface area contributed by atoms with Gasteiger partial charge in [0.25, 0.3) is 0 Å². The monoisotopic (exact) mass is 456 g/mol. The van der Waals surface area contributed by atoms with Gasteiger partial charge in [-0.15, -0.1) is 0 Å². The Morgan fingerprint density at radius 3 is 2.27 bits per heavy atom. The molecule has 0 aromatic heterocycles. The summed E-state index contributed by atoms with van der Waals surface area (Å²) in [6.07, 6.45) is 4.17. The predicted octanol–water partition coefficient (Wildman–Crippen LogP) is 8.15. The number of benzene rings is 2. The second-order valence-corrected chi connectivity index (χ2v) is 8.54. The molecule has 0 saturated heterocycles. The van der Waals surface area contributed by atoms with Gasteiger partial charge in [-0.2, -0.15) is 0 Å². The van der Waals surface area contributed by atoms with Crippen LogP contribution in [0.25, 0.3) is 11.1 Å². The number of ether oxygens (including phenoxy) is 2. The van der Waals surface area contributed by atoms with E-state index in [0.717, 1.165) is 37.3 Å². The summed E-state index contributed by atoms with van der Waals surface area (Å²) in [6, 6.07) is 10.8. The average Bonchev–Trinajstić information content (AvgIpc) is 2.80. The van der Waals surface area contributed by atoms with Gasteiger partial charge in [-0.3, -0.25) is 0 Å². The minimum absolute atomic E-state index is 0.0443. The minimum atomic E-state index is -0.797. The standard InChI is InChI=1S/C28H31F3O2/c1-5-32-19(3)16-26(29)20(4)33-17-21-8-12-23(13-9-21)25-15-14-24(27(30)28(25)31)22-10-6-18(2)7-11-22/h6-7,10-11,14-16,21,23H,3-5,8-9,12-13,17H2,1-2H3/b26-16+. The van der Waals surface area contributed by atoms with Crippen molar-refractivity contribution in [1.29, 1.82) is 0 Å². The van der Waals surface area contributed by atoms with Gasteiger partial charge in [-0.05, 0) is 62.5 Å². The first-order chi connectivity index (χ1) is 15.8. The van der Waals surface area contributed by atoms with Gasteiger partial charge < -0.3 is 9.47 Å². The third-order valence-corrected chi connectivity index (χ3v) is 6.14. The molecule has 1 aliphatic carbocycles. The van der Waals surface area contributed by atoms with Crippen molar-refractivity contribution in [3.05, 3.63) is 95.7 Å². The molecule has 2 nitrogen and oxygen atoms in total. The Kier molecular flexibility index (Phi) is 8.43. The van der Waals surface area contributed by atoms with Crippen molar-refractivity contribution >= 4 is 0 Å². The summed E-state index contributed by atoms with van der Waals surface area (Å²) in [6.45, 7) is 11.7. The van der Waals surface area contributed by atoms with Crippen LogP contribution in [0.3, 0.4) is 0 Å². The lowest BCUT2D eigenvalue weighted by molar-refractivity contribution is 0.136. The summed E-state index contributed by atoms with van der Waals surface area (Å²) in [5.74, 6) is -1.86. The van der Waals surface area contributed by atoms with Gasteiger partial charge >= 0.3 is 0 Å². The molecule has 1 saturated carbocycles. The molecule has 0 radical (unpaired) electrons. The molecule has 0 heterocycles. The van der Waals surface area contributed by atoms with Crippen molar-refractivity contribution in [2.75, 3.05) is 13.2 Å². The Labute approximate surface area is 194 Å². The lowest BCUT2D eigenvalue weighted by Gasteiger charge is -2.29. The van der Waals surface area contributed by atoms with Gasteiger partial charge in [0, 0.05) is 11.6 Å². The number of allylic oxidation sites excluding steroid dienone is 2. The van der Waals surface area contributed by atoms with Gasteiger partial charge in [0.05, 0.1) is 13.2 Å². The number of aryl methyl sites for hydroxylation is 1. The molecule has 5 heteroatoms. The van der Waals surface area contributed by atoms with E-state index in [2.05, 4.69) is 13.2 Å². The van der Waals surface area contributed by atoms with Crippen LogP contribution >= 0.6 is 0 Å². The summed E-state index contributed by atoms with van der Waals surface area (Å²) in [7, 11) is 0. The minimum Gasteiger partial charge on any atom is -0.494 e. The number of halogens is 3. The van der Waals surface area contributed by atoms with Crippen LogP contribution < -0.4 is 0 Å². The van der Waals surface area contributed by atoms with Crippen LogP contribution in [0.2, 0.25) is 0 Å². The Bertz CT molecular complexity index is 1020. The maximum Gasteiger partial charge on any atom is 0.168 e. The molecule has 2 aromatic carbocycles. The van der Waals surface area contributed by atoms with Crippen molar-refractivity contribution in [3.63, 3.8) is 0 Å². The molecule has 2 aromatic rings. The van der Waals surface area contributed by atoms with Gasteiger partial charge in [0.2, 0.25) is 0 Å². The van der Waals surface area contributed by atoms with Crippen molar-refractivity contribution in [3.8, 4) is 11.1 Å². The molecule has 176 valence electrons. The number of rotatable bonds is 9. The quantitative estimate of drug-likeness (QED) is 0.280. The van der Waals surface area contributed by atoms with Crippen LogP contribution in [-0.4, -0.2) is 13.2 Å². The van der Waals surface area contributed by atoms with Gasteiger partial charge in [-0.1, -0.05) is 55.1 Å². The van der Waals surface area contributed by atoms with E-state index in [-0.39, 0.29) is 28.9 Å². The van der Waals surface area contributed by atoms with Crippen LogP contribution in [0.15, 0.2) is 73.0 Å². The highest BCUT2D eigenvalue weighted by Crippen LogP contribution is 2.39. The van der Waals surface area contributed by atoms with Crippen molar-refractivity contribution in [2.45, 2.75) is 45.4 Å². The zero-order chi connectivity index (χ0) is 24.0. The fourth-order valence-corrected chi connectivity index (χ4v) is 4.21. The lowest BCUT2D eigenvalue weighted by Crippen LogP contribution is -2.19. The summed E-state index contributed by atoms with van der Waals surface area (Å²) in [5, 5.41) is 0. The first kappa shape index (κ1) is 24.7. The van der Waals surface area contributed by atoms with Gasteiger partial charge in [-0.25, -0.2) is 13.2 Å². The van der Waals surface area contributed by atoms with E-state index in [1.807, 2.05) is 19.1 Å². The van der Waals surface area contributed by atoms with E-state index in [1.165, 1.54) is 0 Å². The van der Waals surface area contributed by atoms with Crippen LogP contribution in [-0.2, 0) is 9.47 Å². The normalized spacial score (nSPS) is 18.6. The smallest absolute Gasteiger partial charge is 0.168 e. The second-order valence-electron chi connectivity index (χ2n) is 8.54. The molecule has 0 bridgehead atoms. The molecular formula is C28H31F3O2. The number of hydrogen-bond donors (Lipinski definition) is 0. The molecule has 3 rings (SSSR count). The fraction of sp³-hybridized carbons (Fsp3) is 0.357. The summed E-state index contributed by atoms with van der Waals surface area (Å²) < 4.78 is 54.5. The Hall–Kier alpha value is -2.95. The van der Waals surface area contributed by atoms with E-state index in [9.17, 15) is 13.2 Å². The van der Waals surface area contributed by atoms with Gasteiger partial charge in [0.15, 0.2) is 17.5 Å². The Morgan fingerprint density at radius 1 is 0.970 bits per heavy atom. The third kappa shape index (κ3) is 6.31. The van der Waals surface area contributed by atoms with E-state index in [1.54, 1.807) is 31.2 Å². The van der Waals surface area contributed by atoms with Gasteiger partial charge in [0.1, 0.15) is 11.5 Å². The van der Waals surface area contributed by atoms with Crippen molar-refractivity contribution < 1.29 is 22.6 Å². The van der Waals surface area contributed by atoms with Crippen LogP contribution in [0, 0.1) is 24.5 Å². The van der Waals surface area contributed by atoms with E-state index in [0.29, 0.717) is 24.3 Å². The van der Waals surface area contributed by atoms with Crippen LogP contribution in [0.4, 0.5) is 13.2 Å². The van der Waals surface area contributed by atoms with E-state index >= 15 is 0 Å². The summed E-state index contributed by atoms with van der Waals surface area (Å²) in [4.78, 5) is 0. The average molecular weight is 457 g/mol. The molecular weight excluding hydrogens is 425 g/mol. The SMILES string of the molecule is C=C(/C=C(/F)C(=C)OCC1CCC(c2ccc(-c3ccc(C)cc3)c(F)c2F)CC1)OCC. The highest BCUT2D eigenvalue weighted by Gasteiger charge is 2.27. The molecule has 0 amide bonds. The largest absolute Gasteiger partial charge is 0.494 e. The second kappa shape index (κ2) is 11.3. The lowest BCUT2D eigenvalue weighted by atomic mass is 9.78. The van der Waals surface area contributed by atoms with E-state index in [4.69, 9.17) is 9.47 Å². The fourth-order valence-electron chi connectivity index (χ4n) is 4.21. The highest BCUT2D eigenvalue weighted by molar-refractivity contribution is 5.65. The molecule has 1 aliphatic rings. The van der Waals surface area contributed by atoms with Crippen LogP contribution in [0.5, 0.6) is 0 Å². The molecule has 0 atom stereocenters. The molecule has 1 fully saturated rings. The van der Waals surface area contributed by atoms with Crippen molar-refractivity contribution in [2.24, 2.45) is 5.92 Å². The molecule has 0 aliphatic heterocycles. The Morgan fingerprint density at radius 2 is 1.64 bits per heavy atom. The Balaban J connectivity index is 1.56. The molecule has 0 unspecified atom stereocenters. The molecule has 33 heavy (non-hydrogen) atoms. The maximum atomic E-state index is 14.9. The maximum absolute atomic E-state index is 14.9. The zero-order valence-corrected chi connectivity index (χ0v) is 19.3. The topological polar surface area (TPSA) is 18.5 Å². The first-order valence-corrected chi connectivity index (χ1v) is 11.4. The molecule has 0 N–H and O–H groups in total. The van der Waals surface area contributed by atoms with Crippen molar-refractivity contribution in [1.82, 2.24) is 0 Å². The first-order valence-electron chi connectivity index (χ1n) is 11.4.